The lowest BCUT2D eigenvalue weighted by Gasteiger charge is -2.10. The highest BCUT2D eigenvalue weighted by Gasteiger charge is 2.28. The van der Waals surface area contributed by atoms with E-state index in [1.807, 2.05) is 60.7 Å². The lowest BCUT2D eigenvalue weighted by atomic mass is 9.94. The van der Waals surface area contributed by atoms with Crippen LogP contribution in [0.4, 0.5) is 22.7 Å². The second kappa shape index (κ2) is 11.3. The van der Waals surface area contributed by atoms with Crippen LogP contribution < -0.4 is 10.6 Å². The van der Waals surface area contributed by atoms with E-state index in [2.05, 4.69) is 15.6 Å². The molecule has 0 aliphatic rings. The van der Waals surface area contributed by atoms with Crippen LogP contribution in [-0.2, 0) is 0 Å². The van der Waals surface area contributed by atoms with Crippen molar-refractivity contribution in [1.29, 1.82) is 0 Å². The summed E-state index contributed by atoms with van der Waals surface area (Å²) in [5.41, 5.74) is 2.91. The van der Waals surface area contributed by atoms with Crippen LogP contribution >= 0.6 is 0 Å². The van der Waals surface area contributed by atoms with Crippen LogP contribution in [0, 0.1) is 20.2 Å². The maximum atomic E-state index is 13.6. The first-order valence-corrected chi connectivity index (χ1v) is 12.3. The van der Waals surface area contributed by atoms with E-state index < -0.39 is 21.7 Å². The molecule has 0 saturated carbocycles. The van der Waals surface area contributed by atoms with Crippen LogP contribution in [0.15, 0.2) is 109 Å². The number of rotatable bonds is 8. The average molecular weight is 548 g/mol. The van der Waals surface area contributed by atoms with Crippen LogP contribution in [0.5, 0.6) is 0 Å². The van der Waals surface area contributed by atoms with E-state index in [0.29, 0.717) is 33.6 Å². The number of benzene rings is 4. The number of carbonyl (C=O) groups is 2. The van der Waals surface area contributed by atoms with Gasteiger partial charge >= 0.3 is 0 Å². The number of hydrogen-bond donors (Lipinski definition) is 3. The minimum atomic E-state index is -0.565. The molecule has 0 radical (unpaired) electrons. The highest BCUT2D eigenvalue weighted by molar-refractivity contribution is 6.16. The molecule has 4 aromatic carbocycles. The molecule has 5 rings (SSSR count). The summed E-state index contributed by atoms with van der Waals surface area (Å²) < 4.78 is 0. The summed E-state index contributed by atoms with van der Waals surface area (Å²) in [5.74, 6) is -1.13. The molecule has 0 spiro atoms. The van der Waals surface area contributed by atoms with Gasteiger partial charge in [-0.1, -0.05) is 60.7 Å². The number of aromatic nitrogens is 1. The molecule has 0 atom stereocenters. The zero-order valence-electron chi connectivity index (χ0n) is 21.2. The van der Waals surface area contributed by atoms with Gasteiger partial charge in [0.25, 0.3) is 23.2 Å². The summed E-state index contributed by atoms with van der Waals surface area (Å²) in [5, 5.41) is 27.5. The van der Waals surface area contributed by atoms with Gasteiger partial charge in [0.2, 0.25) is 0 Å². The molecule has 202 valence electrons. The summed E-state index contributed by atoms with van der Waals surface area (Å²) in [6.45, 7) is 0. The van der Waals surface area contributed by atoms with E-state index in [4.69, 9.17) is 0 Å². The van der Waals surface area contributed by atoms with E-state index in [0.717, 1.165) is 0 Å². The van der Waals surface area contributed by atoms with Crippen molar-refractivity contribution in [3.63, 3.8) is 0 Å². The molecule has 0 saturated heterocycles. The van der Waals surface area contributed by atoms with Crippen molar-refractivity contribution in [2.45, 2.75) is 0 Å². The molecule has 11 nitrogen and oxygen atoms in total. The van der Waals surface area contributed by atoms with E-state index in [-0.39, 0.29) is 22.8 Å². The van der Waals surface area contributed by atoms with Crippen molar-refractivity contribution in [2.75, 3.05) is 10.6 Å². The molecule has 0 fully saturated rings. The number of aromatic amines is 1. The molecule has 0 unspecified atom stereocenters. The highest BCUT2D eigenvalue weighted by Crippen LogP contribution is 2.39. The van der Waals surface area contributed by atoms with Gasteiger partial charge in [-0.2, -0.15) is 0 Å². The average Bonchev–Trinajstić information content (AvgIpc) is 3.40. The standard InChI is InChI=1S/C30H21N5O6/c36-29(31-21-11-15-23(16-12-21)34(38)39)27-25(19-7-3-1-4-8-19)26(20-9-5-2-6-10-20)28(33-27)30(37)32-22-13-17-24(18-14-22)35(40)41/h1-18,33H,(H,31,36)(H,32,37). The Bertz CT molecular complexity index is 1620. The Balaban J connectivity index is 1.61. The first kappa shape index (κ1) is 26.5. The topological polar surface area (TPSA) is 160 Å². The van der Waals surface area contributed by atoms with Gasteiger partial charge in [-0.15, -0.1) is 0 Å². The third-order valence-electron chi connectivity index (χ3n) is 6.25. The van der Waals surface area contributed by atoms with Gasteiger partial charge in [-0.25, -0.2) is 0 Å². The zero-order valence-corrected chi connectivity index (χ0v) is 21.2. The van der Waals surface area contributed by atoms with E-state index in [1.165, 1.54) is 48.5 Å². The van der Waals surface area contributed by atoms with Crippen molar-refractivity contribution in [2.24, 2.45) is 0 Å². The Hall–Kier alpha value is -6.10. The van der Waals surface area contributed by atoms with Gasteiger partial charge in [-0.05, 0) is 35.4 Å². The number of nitro groups is 2. The van der Waals surface area contributed by atoms with Crippen LogP contribution in [0.1, 0.15) is 21.0 Å². The summed E-state index contributed by atoms with van der Waals surface area (Å²) >= 11 is 0. The molecule has 41 heavy (non-hydrogen) atoms. The molecule has 3 N–H and O–H groups in total. The van der Waals surface area contributed by atoms with Crippen molar-refractivity contribution >= 4 is 34.6 Å². The van der Waals surface area contributed by atoms with E-state index >= 15 is 0 Å². The number of amides is 2. The van der Waals surface area contributed by atoms with Gasteiger partial charge < -0.3 is 15.6 Å². The fraction of sp³-hybridized carbons (Fsp3) is 0. The fourth-order valence-corrected chi connectivity index (χ4v) is 4.35. The van der Waals surface area contributed by atoms with Gasteiger partial charge in [0.1, 0.15) is 11.4 Å². The molecule has 5 aromatic rings. The summed E-state index contributed by atoms with van der Waals surface area (Å²) in [7, 11) is 0. The Morgan fingerprint density at radius 1 is 0.537 bits per heavy atom. The smallest absolute Gasteiger partial charge is 0.272 e. The minimum Gasteiger partial charge on any atom is -0.345 e. The first-order valence-electron chi connectivity index (χ1n) is 12.3. The lowest BCUT2D eigenvalue weighted by Crippen LogP contribution is -2.16. The third kappa shape index (κ3) is 5.68. The predicted molar refractivity (Wildman–Crippen MR) is 154 cm³/mol. The number of H-pyrrole nitrogens is 1. The molecule has 0 bridgehead atoms. The second-order valence-electron chi connectivity index (χ2n) is 8.87. The Morgan fingerprint density at radius 3 is 1.20 bits per heavy atom. The Morgan fingerprint density at radius 2 is 0.878 bits per heavy atom. The molecule has 1 aromatic heterocycles. The first-order chi connectivity index (χ1) is 19.8. The highest BCUT2D eigenvalue weighted by atomic mass is 16.6. The number of nitro benzene ring substituents is 2. The number of anilines is 2. The van der Waals surface area contributed by atoms with Crippen LogP contribution in [0.3, 0.4) is 0 Å². The quantitative estimate of drug-likeness (QED) is 0.145. The molecular weight excluding hydrogens is 526 g/mol. The number of non-ortho nitro benzene ring substituents is 2. The van der Waals surface area contributed by atoms with Gasteiger partial charge in [0.05, 0.1) is 9.85 Å². The van der Waals surface area contributed by atoms with E-state index in [9.17, 15) is 29.8 Å². The van der Waals surface area contributed by atoms with Crippen LogP contribution in [0.2, 0.25) is 0 Å². The van der Waals surface area contributed by atoms with E-state index in [1.54, 1.807) is 0 Å². The van der Waals surface area contributed by atoms with Gasteiger partial charge in [0, 0.05) is 46.8 Å². The summed E-state index contributed by atoms with van der Waals surface area (Å²) in [4.78, 5) is 51.2. The van der Waals surface area contributed by atoms with Crippen molar-refractivity contribution in [3.8, 4) is 22.3 Å². The second-order valence-corrected chi connectivity index (χ2v) is 8.87. The lowest BCUT2D eigenvalue weighted by molar-refractivity contribution is -0.385. The van der Waals surface area contributed by atoms with Crippen LogP contribution in [-0.4, -0.2) is 26.6 Å². The summed E-state index contributed by atoms with van der Waals surface area (Å²) in [6.07, 6.45) is 0. The minimum absolute atomic E-state index is 0.0993. The SMILES string of the molecule is O=C(Nc1ccc([N+](=O)[O-])cc1)c1[nH]c(C(=O)Nc2ccc([N+](=O)[O-])cc2)c(-c2ccccc2)c1-c1ccccc1. The fourth-order valence-electron chi connectivity index (χ4n) is 4.35. The largest absolute Gasteiger partial charge is 0.345 e. The molecular formula is C30H21N5O6. The monoisotopic (exact) mass is 547 g/mol. The maximum absolute atomic E-state index is 13.6. The molecule has 1 heterocycles. The molecule has 0 aliphatic heterocycles. The van der Waals surface area contributed by atoms with Crippen molar-refractivity contribution in [1.82, 2.24) is 4.98 Å². The van der Waals surface area contributed by atoms with Crippen molar-refractivity contribution in [3.05, 3.63) is 141 Å². The predicted octanol–water partition coefficient (Wildman–Crippen LogP) is 6.67. The number of nitrogens with zero attached hydrogens (tertiary/aromatic N) is 2. The molecule has 11 heteroatoms. The van der Waals surface area contributed by atoms with Crippen LogP contribution in [0.25, 0.3) is 22.3 Å². The number of nitrogens with one attached hydrogen (secondary N) is 3. The normalized spacial score (nSPS) is 10.5. The third-order valence-corrected chi connectivity index (χ3v) is 6.25. The van der Waals surface area contributed by atoms with Crippen molar-refractivity contribution < 1.29 is 19.4 Å². The van der Waals surface area contributed by atoms with Gasteiger partial charge in [0.15, 0.2) is 0 Å². The Labute approximate surface area is 232 Å². The maximum Gasteiger partial charge on any atom is 0.272 e. The molecule has 2 amide bonds. The Kier molecular flexibility index (Phi) is 7.33. The van der Waals surface area contributed by atoms with Gasteiger partial charge in [-0.3, -0.25) is 29.8 Å². The molecule has 0 aliphatic carbocycles. The summed E-state index contributed by atoms with van der Waals surface area (Å²) in [6, 6.07) is 29.0. The number of carbonyl (C=O) groups excluding carboxylic acids is 2. The number of hydrogen-bond acceptors (Lipinski definition) is 6. The zero-order chi connectivity index (χ0) is 28.9.